The van der Waals surface area contributed by atoms with Crippen molar-refractivity contribution >= 4 is 0 Å². The summed E-state index contributed by atoms with van der Waals surface area (Å²) in [5.41, 5.74) is 3.74. The molecule has 0 saturated heterocycles. The number of hydrogen-bond acceptors (Lipinski definition) is 4. The smallest absolute Gasteiger partial charge is 0.0769 e. The van der Waals surface area contributed by atoms with Crippen LogP contribution in [0.25, 0.3) is 0 Å². The Bertz CT molecular complexity index is 271. The van der Waals surface area contributed by atoms with Gasteiger partial charge in [-0.05, 0) is 18.8 Å². The summed E-state index contributed by atoms with van der Waals surface area (Å²) in [6, 6.07) is 0.157. The minimum absolute atomic E-state index is 0.157. The monoisotopic (exact) mass is 192 g/mol. The van der Waals surface area contributed by atoms with E-state index in [0.29, 0.717) is 0 Å². The number of rotatable bonds is 5. The number of hydrogen-bond donors (Lipinski definition) is 2. The molecule has 76 valence electrons. The van der Waals surface area contributed by atoms with E-state index in [2.05, 4.69) is 15.4 Å². The summed E-state index contributed by atoms with van der Waals surface area (Å²) in [5, 5.41) is 0. The molecule has 0 bridgehead atoms. The first-order valence-electron chi connectivity index (χ1n) is 5.12. The van der Waals surface area contributed by atoms with Crippen molar-refractivity contribution in [2.75, 3.05) is 0 Å². The average Bonchev–Trinajstić information content (AvgIpc) is 3.04. The summed E-state index contributed by atoms with van der Waals surface area (Å²) >= 11 is 0. The SMILES string of the molecule is NNC(CCC1CC1)c1cnccn1. The first-order valence-corrected chi connectivity index (χ1v) is 5.12. The Morgan fingerprint density at radius 3 is 2.93 bits per heavy atom. The number of aromatic nitrogens is 2. The van der Waals surface area contributed by atoms with Gasteiger partial charge in [0.05, 0.1) is 17.9 Å². The fourth-order valence-electron chi connectivity index (χ4n) is 1.62. The van der Waals surface area contributed by atoms with Crippen molar-refractivity contribution < 1.29 is 0 Å². The van der Waals surface area contributed by atoms with Gasteiger partial charge in [0.1, 0.15) is 0 Å². The second-order valence-corrected chi connectivity index (χ2v) is 3.87. The maximum absolute atomic E-state index is 5.49. The molecule has 1 fully saturated rings. The highest BCUT2D eigenvalue weighted by Gasteiger charge is 2.23. The predicted octanol–water partition coefficient (Wildman–Crippen LogP) is 1.17. The molecule has 0 radical (unpaired) electrons. The third-order valence-corrected chi connectivity index (χ3v) is 2.70. The zero-order valence-corrected chi connectivity index (χ0v) is 8.19. The van der Waals surface area contributed by atoms with Crippen LogP contribution in [0.4, 0.5) is 0 Å². The molecule has 4 heteroatoms. The fraction of sp³-hybridized carbons (Fsp3) is 0.600. The van der Waals surface area contributed by atoms with Crippen LogP contribution in [0.3, 0.4) is 0 Å². The number of nitrogens with zero attached hydrogens (tertiary/aromatic N) is 2. The molecule has 1 aromatic rings. The summed E-state index contributed by atoms with van der Waals surface area (Å²) in [7, 11) is 0. The molecular formula is C10H16N4. The van der Waals surface area contributed by atoms with E-state index >= 15 is 0 Å². The molecule has 14 heavy (non-hydrogen) atoms. The van der Waals surface area contributed by atoms with Gasteiger partial charge in [0.2, 0.25) is 0 Å². The number of nitrogens with one attached hydrogen (secondary N) is 1. The van der Waals surface area contributed by atoms with Gasteiger partial charge in [-0.3, -0.25) is 21.2 Å². The second kappa shape index (κ2) is 4.48. The minimum Gasteiger partial charge on any atom is -0.271 e. The average molecular weight is 192 g/mol. The molecule has 3 N–H and O–H groups in total. The van der Waals surface area contributed by atoms with Gasteiger partial charge in [-0.15, -0.1) is 0 Å². The number of nitrogens with two attached hydrogens (primary N) is 1. The van der Waals surface area contributed by atoms with Crippen molar-refractivity contribution in [2.24, 2.45) is 11.8 Å². The first-order chi connectivity index (χ1) is 6.90. The van der Waals surface area contributed by atoms with Crippen molar-refractivity contribution in [3.05, 3.63) is 24.3 Å². The lowest BCUT2D eigenvalue weighted by atomic mass is 10.1. The Morgan fingerprint density at radius 2 is 2.36 bits per heavy atom. The zero-order chi connectivity index (χ0) is 9.80. The Balaban J connectivity index is 1.90. The molecule has 1 aromatic heterocycles. The lowest BCUT2D eigenvalue weighted by Crippen LogP contribution is -2.28. The van der Waals surface area contributed by atoms with E-state index in [4.69, 9.17) is 5.84 Å². The lowest BCUT2D eigenvalue weighted by molar-refractivity contribution is 0.471. The normalized spacial score (nSPS) is 18.1. The maximum Gasteiger partial charge on any atom is 0.0769 e. The summed E-state index contributed by atoms with van der Waals surface area (Å²) in [5.74, 6) is 6.43. The van der Waals surface area contributed by atoms with Crippen molar-refractivity contribution in [1.82, 2.24) is 15.4 Å². The Morgan fingerprint density at radius 1 is 1.50 bits per heavy atom. The van der Waals surface area contributed by atoms with Crippen LogP contribution in [0.1, 0.15) is 37.4 Å². The summed E-state index contributed by atoms with van der Waals surface area (Å²) in [4.78, 5) is 8.28. The molecule has 0 amide bonds. The van der Waals surface area contributed by atoms with Gasteiger partial charge < -0.3 is 0 Å². The minimum atomic E-state index is 0.157. The van der Waals surface area contributed by atoms with E-state index in [0.717, 1.165) is 18.0 Å². The van der Waals surface area contributed by atoms with Crippen molar-refractivity contribution in [1.29, 1.82) is 0 Å². The van der Waals surface area contributed by atoms with Crippen LogP contribution in [-0.4, -0.2) is 9.97 Å². The van der Waals surface area contributed by atoms with Gasteiger partial charge in [0, 0.05) is 12.4 Å². The van der Waals surface area contributed by atoms with Crippen LogP contribution in [0.15, 0.2) is 18.6 Å². The van der Waals surface area contributed by atoms with Crippen LogP contribution in [0.2, 0.25) is 0 Å². The Hall–Kier alpha value is -1.00. The van der Waals surface area contributed by atoms with Crippen LogP contribution in [0.5, 0.6) is 0 Å². The molecule has 4 nitrogen and oxygen atoms in total. The molecule has 1 unspecified atom stereocenters. The van der Waals surface area contributed by atoms with E-state index in [1.165, 1.54) is 19.3 Å². The molecule has 2 rings (SSSR count). The van der Waals surface area contributed by atoms with Crippen molar-refractivity contribution in [3.8, 4) is 0 Å². The quantitative estimate of drug-likeness (QED) is 0.543. The first kappa shape index (κ1) is 9.55. The number of hydrazine groups is 1. The van der Waals surface area contributed by atoms with E-state index in [-0.39, 0.29) is 6.04 Å². The zero-order valence-electron chi connectivity index (χ0n) is 8.19. The molecule has 1 aliphatic carbocycles. The van der Waals surface area contributed by atoms with E-state index < -0.39 is 0 Å². The van der Waals surface area contributed by atoms with E-state index in [1.54, 1.807) is 18.6 Å². The molecule has 0 aromatic carbocycles. The van der Waals surface area contributed by atoms with Gasteiger partial charge in [-0.1, -0.05) is 12.8 Å². The van der Waals surface area contributed by atoms with Crippen LogP contribution >= 0.6 is 0 Å². The molecule has 1 saturated carbocycles. The third-order valence-electron chi connectivity index (χ3n) is 2.70. The fourth-order valence-corrected chi connectivity index (χ4v) is 1.62. The molecule has 0 spiro atoms. The maximum atomic E-state index is 5.49. The molecule has 1 aliphatic rings. The van der Waals surface area contributed by atoms with E-state index in [1.807, 2.05) is 0 Å². The van der Waals surface area contributed by atoms with Crippen LogP contribution in [0, 0.1) is 5.92 Å². The summed E-state index contributed by atoms with van der Waals surface area (Å²) in [6.45, 7) is 0. The summed E-state index contributed by atoms with van der Waals surface area (Å²) in [6.07, 6.45) is 10.2. The largest absolute Gasteiger partial charge is 0.271 e. The third kappa shape index (κ3) is 2.49. The Kier molecular flexibility index (Phi) is 3.06. The highest BCUT2D eigenvalue weighted by atomic mass is 15.2. The molecule has 0 aliphatic heterocycles. The second-order valence-electron chi connectivity index (χ2n) is 3.87. The van der Waals surface area contributed by atoms with Gasteiger partial charge >= 0.3 is 0 Å². The Labute approximate surface area is 83.9 Å². The molecular weight excluding hydrogens is 176 g/mol. The van der Waals surface area contributed by atoms with Crippen molar-refractivity contribution in [2.45, 2.75) is 31.7 Å². The van der Waals surface area contributed by atoms with Crippen LogP contribution in [-0.2, 0) is 0 Å². The topological polar surface area (TPSA) is 63.8 Å². The van der Waals surface area contributed by atoms with Gasteiger partial charge in [0.25, 0.3) is 0 Å². The predicted molar refractivity (Wildman–Crippen MR) is 54.1 cm³/mol. The molecule has 1 atom stereocenters. The van der Waals surface area contributed by atoms with Gasteiger partial charge in [-0.25, -0.2) is 0 Å². The van der Waals surface area contributed by atoms with Crippen LogP contribution < -0.4 is 11.3 Å². The lowest BCUT2D eigenvalue weighted by Gasteiger charge is -2.13. The van der Waals surface area contributed by atoms with Crippen molar-refractivity contribution in [3.63, 3.8) is 0 Å². The van der Waals surface area contributed by atoms with Gasteiger partial charge in [0.15, 0.2) is 0 Å². The van der Waals surface area contributed by atoms with Gasteiger partial charge in [-0.2, -0.15) is 0 Å². The molecule has 1 heterocycles. The highest BCUT2D eigenvalue weighted by molar-refractivity contribution is 5.01. The highest BCUT2D eigenvalue weighted by Crippen LogP contribution is 2.35. The standard InChI is InChI=1S/C10H16N4/c11-14-9(4-3-8-1-2-8)10-7-12-5-6-13-10/h5-9,14H,1-4,11H2. The summed E-state index contributed by atoms with van der Waals surface area (Å²) < 4.78 is 0. The van der Waals surface area contributed by atoms with E-state index in [9.17, 15) is 0 Å².